The lowest BCUT2D eigenvalue weighted by atomic mass is 10.00. The summed E-state index contributed by atoms with van der Waals surface area (Å²) in [4.78, 5) is 13.0. The Bertz CT molecular complexity index is 585. The first-order chi connectivity index (χ1) is 9.33. The number of aromatic nitrogens is 2. The largest absolute Gasteiger partial charge is 0.316 e. The van der Waals surface area contributed by atoms with E-state index in [2.05, 4.69) is 10.4 Å². The van der Waals surface area contributed by atoms with Crippen molar-refractivity contribution in [2.75, 3.05) is 13.1 Å². The van der Waals surface area contributed by atoms with Crippen LogP contribution in [0.3, 0.4) is 0 Å². The van der Waals surface area contributed by atoms with Crippen molar-refractivity contribution in [2.24, 2.45) is 5.92 Å². The minimum Gasteiger partial charge on any atom is -0.316 e. The first kappa shape index (κ1) is 12.6. The summed E-state index contributed by atoms with van der Waals surface area (Å²) in [5, 5.41) is 9.90. The molecule has 2 aromatic heterocycles. The smallest absolute Gasteiger partial charge is 0.266 e. The average Bonchev–Trinajstić information content (AvgIpc) is 2.96. The van der Waals surface area contributed by atoms with Crippen molar-refractivity contribution in [3.8, 4) is 10.6 Å². The molecule has 0 amide bonds. The molecular weight excluding hydrogens is 258 g/mol. The zero-order valence-electron chi connectivity index (χ0n) is 10.7. The van der Waals surface area contributed by atoms with Crippen molar-refractivity contribution in [3.63, 3.8) is 0 Å². The Morgan fingerprint density at radius 3 is 3.11 bits per heavy atom. The molecule has 1 atom stereocenters. The molecule has 0 aliphatic carbocycles. The second-order valence-electron chi connectivity index (χ2n) is 4.93. The Balaban J connectivity index is 1.84. The predicted octanol–water partition coefficient (Wildman–Crippen LogP) is 1.97. The summed E-state index contributed by atoms with van der Waals surface area (Å²) in [7, 11) is 0. The molecule has 0 bridgehead atoms. The van der Waals surface area contributed by atoms with Gasteiger partial charge < -0.3 is 5.32 Å². The number of thiophene rings is 1. The highest BCUT2D eigenvalue weighted by Crippen LogP contribution is 2.21. The molecule has 19 heavy (non-hydrogen) atoms. The summed E-state index contributed by atoms with van der Waals surface area (Å²) in [5.74, 6) is 0.512. The molecule has 2 aromatic rings. The molecule has 1 saturated heterocycles. The number of rotatable bonds is 3. The molecule has 0 spiro atoms. The van der Waals surface area contributed by atoms with E-state index in [0.29, 0.717) is 12.5 Å². The third kappa shape index (κ3) is 2.93. The normalized spacial score (nSPS) is 19.5. The van der Waals surface area contributed by atoms with E-state index in [9.17, 15) is 4.79 Å². The van der Waals surface area contributed by atoms with Crippen LogP contribution in [-0.2, 0) is 6.54 Å². The highest BCUT2D eigenvalue weighted by atomic mass is 32.1. The quantitative estimate of drug-likeness (QED) is 0.931. The molecule has 3 rings (SSSR count). The van der Waals surface area contributed by atoms with Gasteiger partial charge in [-0.15, -0.1) is 11.3 Å². The van der Waals surface area contributed by atoms with Gasteiger partial charge in [-0.05, 0) is 49.4 Å². The summed E-state index contributed by atoms with van der Waals surface area (Å²) in [6.45, 7) is 2.79. The van der Waals surface area contributed by atoms with E-state index in [1.807, 2.05) is 23.6 Å². The van der Waals surface area contributed by atoms with E-state index >= 15 is 0 Å². The van der Waals surface area contributed by atoms with Crippen LogP contribution in [0.2, 0.25) is 0 Å². The third-order valence-corrected chi connectivity index (χ3v) is 4.36. The molecule has 0 saturated carbocycles. The van der Waals surface area contributed by atoms with E-state index < -0.39 is 0 Å². The summed E-state index contributed by atoms with van der Waals surface area (Å²) in [6.07, 6.45) is 2.36. The lowest BCUT2D eigenvalue weighted by Gasteiger charge is -2.22. The highest BCUT2D eigenvalue weighted by Gasteiger charge is 2.15. The molecule has 3 heterocycles. The van der Waals surface area contributed by atoms with Gasteiger partial charge in [-0.3, -0.25) is 4.79 Å². The number of piperidine rings is 1. The van der Waals surface area contributed by atoms with Crippen molar-refractivity contribution >= 4 is 11.3 Å². The minimum atomic E-state index is -0.00844. The van der Waals surface area contributed by atoms with Gasteiger partial charge in [-0.1, -0.05) is 6.07 Å². The van der Waals surface area contributed by atoms with Gasteiger partial charge in [0, 0.05) is 12.6 Å². The molecule has 5 heteroatoms. The van der Waals surface area contributed by atoms with E-state index in [1.165, 1.54) is 12.8 Å². The molecule has 1 aliphatic rings. The Labute approximate surface area is 116 Å². The molecular formula is C14H17N3OS. The summed E-state index contributed by atoms with van der Waals surface area (Å²) in [5.41, 5.74) is 0.879. The fourth-order valence-corrected chi connectivity index (χ4v) is 3.15. The summed E-state index contributed by atoms with van der Waals surface area (Å²) >= 11 is 1.65. The van der Waals surface area contributed by atoms with Gasteiger partial charge in [0.2, 0.25) is 0 Å². The number of nitrogens with zero attached hydrogens (tertiary/aromatic N) is 2. The Morgan fingerprint density at radius 1 is 1.42 bits per heavy atom. The van der Waals surface area contributed by atoms with Crippen molar-refractivity contribution in [2.45, 2.75) is 19.4 Å². The van der Waals surface area contributed by atoms with Crippen LogP contribution in [0.15, 0.2) is 34.4 Å². The van der Waals surface area contributed by atoms with Gasteiger partial charge in [0.25, 0.3) is 5.56 Å². The van der Waals surface area contributed by atoms with Crippen LogP contribution in [0.4, 0.5) is 0 Å². The molecule has 0 radical (unpaired) electrons. The minimum absolute atomic E-state index is 0.00844. The van der Waals surface area contributed by atoms with Crippen molar-refractivity contribution in [3.05, 3.63) is 40.0 Å². The van der Waals surface area contributed by atoms with Crippen LogP contribution >= 0.6 is 11.3 Å². The van der Waals surface area contributed by atoms with E-state index in [1.54, 1.807) is 22.1 Å². The van der Waals surface area contributed by atoms with E-state index in [0.717, 1.165) is 23.7 Å². The van der Waals surface area contributed by atoms with Crippen LogP contribution in [0.5, 0.6) is 0 Å². The fraction of sp³-hybridized carbons (Fsp3) is 0.429. The lowest BCUT2D eigenvalue weighted by Crippen LogP contribution is -2.35. The maximum atomic E-state index is 11.9. The summed E-state index contributed by atoms with van der Waals surface area (Å²) in [6, 6.07) is 7.47. The van der Waals surface area contributed by atoms with Crippen LogP contribution < -0.4 is 10.9 Å². The molecule has 1 fully saturated rings. The van der Waals surface area contributed by atoms with Crippen molar-refractivity contribution < 1.29 is 0 Å². The maximum absolute atomic E-state index is 11.9. The van der Waals surface area contributed by atoms with E-state index in [-0.39, 0.29) is 5.56 Å². The first-order valence-corrected chi connectivity index (χ1v) is 7.53. The van der Waals surface area contributed by atoms with Gasteiger partial charge in [0.1, 0.15) is 5.69 Å². The van der Waals surface area contributed by atoms with E-state index in [4.69, 9.17) is 0 Å². The second kappa shape index (κ2) is 5.67. The predicted molar refractivity (Wildman–Crippen MR) is 77.4 cm³/mol. The van der Waals surface area contributed by atoms with Crippen LogP contribution in [-0.4, -0.2) is 22.9 Å². The molecule has 1 aliphatic heterocycles. The van der Waals surface area contributed by atoms with Crippen LogP contribution in [0.25, 0.3) is 10.6 Å². The highest BCUT2D eigenvalue weighted by molar-refractivity contribution is 7.13. The standard InChI is InChI=1S/C14H17N3OS/c18-14-6-5-12(13-4-2-8-19-13)16-17(14)10-11-3-1-7-15-9-11/h2,4-6,8,11,15H,1,3,7,9-10H2. The Morgan fingerprint density at radius 2 is 2.37 bits per heavy atom. The molecule has 0 aromatic carbocycles. The van der Waals surface area contributed by atoms with Gasteiger partial charge in [0.05, 0.1) is 4.88 Å². The average molecular weight is 275 g/mol. The monoisotopic (exact) mass is 275 g/mol. The zero-order chi connectivity index (χ0) is 13.1. The SMILES string of the molecule is O=c1ccc(-c2cccs2)nn1CC1CCCNC1. The number of nitrogens with one attached hydrogen (secondary N) is 1. The molecule has 1 unspecified atom stereocenters. The van der Waals surface area contributed by atoms with Crippen LogP contribution in [0.1, 0.15) is 12.8 Å². The Hall–Kier alpha value is -1.46. The zero-order valence-corrected chi connectivity index (χ0v) is 11.5. The molecule has 100 valence electrons. The Kier molecular flexibility index (Phi) is 3.75. The van der Waals surface area contributed by atoms with Crippen LogP contribution in [0, 0.1) is 5.92 Å². The third-order valence-electron chi connectivity index (χ3n) is 3.47. The van der Waals surface area contributed by atoms with Gasteiger partial charge in [0.15, 0.2) is 0 Å². The van der Waals surface area contributed by atoms with Gasteiger partial charge in [-0.2, -0.15) is 5.10 Å². The van der Waals surface area contributed by atoms with Gasteiger partial charge >= 0.3 is 0 Å². The first-order valence-electron chi connectivity index (χ1n) is 6.66. The topological polar surface area (TPSA) is 46.9 Å². The lowest BCUT2D eigenvalue weighted by molar-refractivity contribution is 0.320. The second-order valence-corrected chi connectivity index (χ2v) is 5.88. The number of hydrogen-bond donors (Lipinski definition) is 1. The number of hydrogen-bond acceptors (Lipinski definition) is 4. The maximum Gasteiger partial charge on any atom is 0.266 e. The fourth-order valence-electron chi connectivity index (χ4n) is 2.46. The summed E-state index contributed by atoms with van der Waals surface area (Å²) < 4.78 is 1.62. The van der Waals surface area contributed by atoms with Gasteiger partial charge in [-0.25, -0.2) is 4.68 Å². The van der Waals surface area contributed by atoms with Crippen molar-refractivity contribution in [1.82, 2.24) is 15.1 Å². The molecule has 4 nitrogen and oxygen atoms in total. The molecule has 1 N–H and O–H groups in total. The van der Waals surface area contributed by atoms with Crippen molar-refractivity contribution in [1.29, 1.82) is 0 Å².